The van der Waals surface area contributed by atoms with Crippen molar-refractivity contribution < 1.29 is 21.6 Å². The molecule has 8 heteroatoms. The van der Waals surface area contributed by atoms with Crippen LogP contribution in [0.5, 0.6) is 5.75 Å². The average Bonchev–Trinajstić information content (AvgIpc) is 2.15. The minimum Gasteiger partial charge on any atom is -0.493 e. The number of primary sulfonamides is 1. The third kappa shape index (κ3) is 5.16. The molecule has 0 saturated carbocycles. The van der Waals surface area contributed by atoms with Gasteiger partial charge in [0.1, 0.15) is 12.4 Å². The van der Waals surface area contributed by atoms with Crippen molar-refractivity contribution in [3.63, 3.8) is 0 Å². The number of benzene rings is 1. The Morgan fingerprint density at radius 3 is 2.06 bits per heavy atom. The lowest BCUT2D eigenvalue weighted by Crippen LogP contribution is -2.13. The highest BCUT2D eigenvalue weighted by Crippen LogP contribution is 2.14. The summed E-state index contributed by atoms with van der Waals surface area (Å²) in [6, 6.07) is 5.43. The van der Waals surface area contributed by atoms with Crippen LogP contribution in [0.3, 0.4) is 0 Å². The highest BCUT2D eigenvalue weighted by Gasteiger charge is 2.07. The van der Waals surface area contributed by atoms with E-state index >= 15 is 0 Å². The van der Waals surface area contributed by atoms with Gasteiger partial charge in [0.2, 0.25) is 10.0 Å². The van der Waals surface area contributed by atoms with E-state index < -0.39 is 19.9 Å². The zero-order valence-corrected chi connectivity index (χ0v) is 10.8. The Labute approximate surface area is 100 Å². The molecule has 0 aromatic heterocycles. The molecule has 0 radical (unpaired) electrons. The number of hydrogen-bond donors (Lipinski definition) is 1. The van der Waals surface area contributed by atoms with Gasteiger partial charge in [0.25, 0.3) is 0 Å². The number of hydrogen-bond acceptors (Lipinski definition) is 5. The van der Waals surface area contributed by atoms with Crippen molar-refractivity contribution in [3.05, 3.63) is 24.3 Å². The topological polar surface area (TPSA) is 104 Å². The van der Waals surface area contributed by atoms with Gasteiger partial charge in [0.05, 0.1) is 10.6 Å². The molecule has 0 bridgehead atoms. The summed E-state index contributed by atoms with van der Waals surface area (Å²) in [5, 5.41) is 4.92. The summed E-state index contributed by atoms with van der Waals surface area (Å²) in [4.78, 5) is -0.0204. The molecule has 0 heterocycles. The molecule has 0 spiro atoms. The smallest absolute Gasteiger partial charge is 0.238 e. The Morgan fingerprint density at radius 2 is 1.65 bits per heavy atom. The van der Waals surface area contributed by atoms with Gasteiger partial charge in [-0.2, -0.15) is 0 Å². The van der Waals surface area contributed by atoms with Crippen LogP contribution in [0, 0.1) is 0 Å². The lowest BCUT2D eigenvalue weighted by Gasteiger charge is -2.05. The maximum Gasteiger partial charge on any atom is 0.238 e. The first-order chi connectivity index (χ1) is 7.68. The molecule has 0 aliphatic heterocycles. The van der Waals surface area contributed by atoms with Crippen LogP contribution in [-0.4, -0.2) is 35.5 Å². The van der Waals surface area contributed by atoms with Gasteiger partial charge < -0.3 is 4.74 Å². The first kappa shape index (κ1) is 13.9. The van der Waals surface area contributed by atoms with Crippen molar-refractivity contribution >= 4 is 19.9 Å². The Kier molecular flexibility index (Phi) is 4.12. The molecule has 0 atom stereocenters. The molecular formula is C9H13NO5S2. The standard InChI is InChI=1S/C9H13NO5S2/c1-16(11,12)7-6-15-8-2-4-9(5-3-8)17(10,13)14/h2-5H,6-7H2,1H3,(H2,10,13,14). The third-order valence-electron chi connectivity index (χ3n) is 1.88. The first-order valence-corrected chi connectivity index (χ1v) is 8.22. The predicted octanol–water partition coefficient (Wildman–Crippen LogP) is -0.243. The second-order valence-corrected chi connectivity index (χ2v) is 7.32. The number of ether oxygens (including phenoxy) is 1. The summed E-state index contributed by atoms with van der Waals surface area (Å²) in [5.74, 6) is 0.297. The molecular weight excluding hydrogens is 266 g/mol. The van der Waals surface area contributed by atoms with Crippen molar-refractivity contribution in [1.29, 1.82) is 0 Å². The molecule has 0 saturated heterocycles. The van der Waals surface area contributed by atoms with Crippen molar-refractivity contribution in [2.75, 3.05) is 18.6 Å². The van der Waals surface area contributed by atoms with E-state index in [1.165, 1.54) is 24.3 Å². The largest absolute Gasteiger partial charge is 0.493 e. The zero-order valence-electron chi connectivity index (χ0n) is 9.16. The van der Waals surface area contributed by atoms with Gasteiger partial charge in [-0.15, -0.1) is 0 Å². The second kappa shape index (κ2) is 5.03. The van der Waals surface area contributed by atoms with E-state index in [2.05, 4.69) is 0 Å². The number of nitrogens with two attached hydrogens (primary N) is 1. The molecule has 1 aromatic carbocycles. The van der Waals surface area contributed by atoms with E-state index in [1.54, 1.807) is 0 Å². The van der Waals surface area contributed by atoms with Gasteiger partial charge in [-0.1, -0.05) is 0 Å². The highest BCUT2D eigenvalue weighted by molar-refractivity contribution is 7.90. The molecule has 0 aliphatic carbocycles. The van der Waals surface area contributed by atoms with Crippen LogP contribution in [0.15, 0.2) is 29.2 Å². The molecule has 0 aliphatic rings. The Bertz CT molecular complexity index is 574. The summed E-state index contributed by atoms with van der Waals surface area (Å²) < 4.78 is 48.7. The Balaban J connectivity index is 2.64. The Morgan fingerprint density at radius 1 is 1.12 bits per heavy atom. The predicted molar refractivity (Wildman–Crippen MR) is 63.0 cm³/mol. The van der Waals surface area contributed by atoms with Crippen molar-refractivity contribution in [2.45, 2.75) is 4.90 Å². The summed E-state index contributed by atoms with van der Waals surface area (Å²) >= 11 is 0. The first-order valence-electron chi connectivity index (χ1n) is 4.62. The summed E-state index contributed by atoms with van der Waals surface area (Å²) in [6.45, 7) is 0.0214. The van der Waals surface area contributed by atoms with Gasteiger partial charge in [-0.3, -0.25) is 0 Å². The van der Waals surface area contributed by atoms with E-state index in [1.807, 2.05) is 0 Å². The fourth-order valence-electron chi connectivity index (χ4n) is 1.04. The molecule has 0 unspecified atom stereocenters. The number of sulfone groups is 1. The van der Waals surface area contributed by atoms with Crippen LogP contribution < -0.4 is 9.88 Å². The fraction of sp³-hybridized carbons (Fsp3) is 0.333. The van der Waals surface area contributed by atoms with Crippen molar-refractivity contribution in [1.82, 2.24) is 0 Å². The summed E-state index contributed by atoms with van der Waals surface area (Å²) in [7, 11) is -6.78. The van der Waals surface area contributed by atoms with Crippen LogP contribution in [0.25, 0.3) is 0 Å². The normalized spacial score (nSPS) is 12.4. The molecule has 0 amide bonds. The van der Waals surface area contributed by atoms with Crippen LogP contribution in [0.1, 0.15) is 0 Å². The molecule has 6 nitrogen and oxygen atoms in total. The lowest BCUT2D eigenvalue weighted by atomic mass is 10.3. The maximum absolute atomic E-state index is 10.9. The SMILES string of the molecule is CS(=O)(=O)CCOc1ccc(S(N)(=O)=O)cc1. The van der Waals surface area contributed by atoms with E-state index in [0.29, 0.717) is 5.75 Å². The molecule has 2 N–H and O–H groups in total. The molecule has 1 rings (SSSR count). The fourth-order valence-corrected chi connectivity index (χ4v) is 1.94. The Hall–Kier alpha value is -1.12. The molecule has 96 valence electrons. The number of sulfonamides is 1. The lowest BCUT2D eigenvalue weighted by molar-refractivity contribution is 0.341. The van der Waals surface area contributed by atoms with E-state index in [4.69, 9.17) is 9.88 Å². The van der Waals surface area contributed by atoms with Crippen molar-refractivity contribution in [3.8, 4) is 5.75 Å². The summed E-state index contributed by atoms with van der Waals surface area (Å²) in [5.41, 5.74) is 0. The van der Waals surface area contributed by atoms with Gasteiger partial charge in [0, 0.05) is 6.26 Å². The second-order valence-electron chi connectivity index (χ2n) is 3.49. The molecule has 0 fully saturated rings. The van der Waals surface area contributed by atoms with E-state index in [0.717, 1.165) is 6.26 Å². The molecule has 17 heavy (non-hydrogen) atoms. The van der Waals surface area contributed by atoms with E-state index in [-0.39, 0.29) is 17.3 Å². The van der Waals surface area contributed by atoms with Crippen LogP contribution in [0.4, 0.5) is 0 Å². The zero-order chi connectivity index (χ0) is 13.1. The van der Waals surface area contributed by atoms with Crippen LogP contribution in [-0.2, 0) is 19.9 Å². The van der Waals surface area contributed by atoms with Crippen molar-refractivity contribution in [2.24, 2.45) is 5.14 Å². The number of rotatable bonds is 5. The van der Waals surface area contributed by atoms with Gasteiger partial charge in [-0.25, -0.2) is 22.0 Å². The minimum absolute atomic E-state index is 0.0204. The minimum atomic E-state index is -3.71. The van der Waals surface area contributed by atoms with Gasteiger partial charge >= 0.3 is 0 Å². The van der Waals surface area contributed by atoms with Crippen LogP contribution >= 0.6 is 0 Å². The quantitative estimate of drug-likeness (QED) is 0.801. The van der Waals surface area contributed by atoms with E-state index in [9.17, 15) is 16.8 Å². The third-order valence-corrected chi connectivity index (χ3v) is 3.71. The van der Waals surface area contributed by atoms with Gasteiger partial charge in [0.15, 0.2) is 9.84 Å². The van der Waals surface area contributed by atoms with Crippen LogP contribution in [0.2, 0.25) is 0 Å². The maximum atomic E-state index is 10.9. The highest BCUT2D eigenvalue weighted by atomic mass is 32.2. The average molecular weight is 279 g/mol. The van der Waals surface area contributed by atoms with Gasteiger partial charge in [-0.05, 0) is 24.3 Å². The monoisotopic (exact) mass is 279 g/mol. The summed E-state index contributed by atoms with van der Waals surface area (Å²) in [6.07, 6.45) is 1.11. The molecule has 1 aromatic rings.